The Morgan fingerprint density at radius 1 is 1.42 bits per heavy atom. The van der Waals surface area contributed by atoms with Gasteiger partial charge in [-0.25, -0.2) is 9.97 Å². The number of H-pyrrole nitrogens is 1. The van der Waals surface area contributed by atoms with Gasteiger partial charge in [-0.3, -0.25) is 5.10 Å². The van der Waals surface area contributed by atoms with Gasteiger partial charge in [-0.1, -0.05) is 0 Å². The Labute approximate surface area is 69.7 Å². The van der Waals surface area contributed by atoms with Crippen LogP contribution in [0.4, 0.5) is 0 Å². The summed E-state index contributed by atoms with van der Waals surface area (Å²) < 4.78 is 0. The summed E-state index contributed by atoms with van der Waals surface area (Å²) in [5.74, 6) is 0. The lowest BCUT2D eigenvalue weighted by Crippen LogP contribution is -1.83. The van der Waals surface area contributed by atoms with Crippen molar-refractivity contribution in [1.29, 1.82) is 0 Å². The van der Waals surface area contributed by atoms with Gasteiger partial charge in [-0.05, 0) is 13.0 Å². The average molecular weight is 160 g/mol. The average Bonchev–Trinajstić information content (AvgIpc) is 2.53. The van der Waals surface area contributed by atoms with Crippen LogP contribution in [-0.4, -0.2) is 20.2 Å². The molecule has 1 N–H and O–H groups in total. The lowest BCUT2D eigenvalue weighted by Gasteiger charge is -1.94. The van der Waals surface area contributed by atoms with Gasteiger partial charge in [-0.2, -0.15) is 5.10 Å². The maximum atomic E-state index is 4.11. The molecule has 0 fully saturated rings. The van der Waals surface area contributed by atoms with Crippen LogP contribution in [0, 0.1) is 6.92 Å². The largest absolute Gasteiger partial charge is 0.282 e. The van der Waals surface area contributed by atoms with E-state index in [1.165, 1.54) is 6.33 Å². The summed E-state index contributed by atoms with van der Waals surface area (Å²) in [6.45, 7) is 1.96. The van der Waals surface area contributed by atoms with Crippen LogP contribution in [-0.2, 0) is 0 Å². The van der Waals surface area contributed by atoms with Crippen molar-refractivity contribution in [3.8, 4) is 11.3 Å². The van der Waals surface area contributed by atoms with Gasteiger partial charge in [0.15, 0.2) is 0 Å². The predicted molar refractivity (Wildman–Crippen MR) is 44.4 cm³/mol. The molecule has 0 aliphatic carbocycles. The number of aromatic nitrogens is 4. The Morgan fingerprint density at radius 3 is 2.92 bits per heavy atom. The molecule has 60 valence electrons. The molecule has 2 rings (SSSR count). The molecule has 0 aliphatic rings. The van der Waals surface area contributed by atoms with Gasteiger partial charge in [0.2, 0.25) is 0 Å². The second kappa shape index (κ2) is 2.73. The number of nitrogens with one attached hydrogen (secondary N) is 1. The normalized spacial score (nSPS) is 10.1. The quantitative estimate of drug-likeness (QED) is 0.681. The second-order valence-electron chi connectivity index (χ2n) is 2.50. The zero-order valence-electron chi connectivity index (χ0n) is 6.65. The van der Waals surface area contributed by atoms with Gasteiger partial charge >= 0.3 is 0 Å². The number of aromatic amines is 1. The Hall–Kier alpha value is -1.71. The van der Waals surface area contributed by atoms with Crippen molar-refractivity contribution in [2.75, 3.05) is 0 Å². The van der Waals surface area contributed by atoms with Gasteiger partial charge in [-0.15, -0.1) is 0 Å². The molecule has 0 atom stereocenters. The Morgan fingerprint density at radius 2 is 2.33 bits per heavy atom. The molecule has 0 radical (unpaired) electrons. The van der Waals surface area contributed by atoms with Crippen molar-refractivity contribution in [2.45, 2.75) is 6.92 Å². The Balaban J connectivity index is 2.51. The van der Waals surface area contributed by atoms with E-state index in [-0.39, 0.29) is 0 Å². The van der Waals surface area contributed by atoms with Crippen molar-refractivity contribution >= 4 is 0 Å². The van der Waals surface area contributed by atoms with E-state index in [4.69, 9.17) is 0 Å². The van der Waals surface area contributed by atoms with E-state index in [0.29, 0.717) is 0 Å². The molecule has 0 saturated carbocycles. The van der Waals surface area contributed by atoms with Crippen molar-refractivity contribution in [2.24, 2.45) is 0 Å². The van der Waals surface area contributed by atoms with Crippen LogP contribution in [0.3, 0.4) is 0 Å². The van der Waals surface area contributed by atoms with Gasteiger partial charge in [0.25, 0.3) is 0 Å². The molecular weight excluding hydrogens is 152 g/mol. The highest BCUT2D eigenvalue weighted by molar-refractivity contribution is 5.59. The lowest BCUT2D eigenvalue weighted by molar-refractivity contribution is 1.05. The molecule has 2 aromatic rings. The standard InChI is InChI=1S/C8H8N4/c1-6-7(4-11-12-6)8-2-3-9-5-10-8/h2-5H,1H3,(H,11,12). The summed E-state index contributed by atoms with van der Waals surface area (Å²) in [6, 6.07) is 1.86. The SMILES string of the molecule is Cc1[nH]ncc1-c1ccncn1. The summed E-state index contributed by atoms with van der Waals surface area (Å²) in [7, 11) is 0. The van der Waals surface area contributed by atoms with Crippen LogP contribution in [0.5, 0.6) is 0 Å². The van der Waals surface area contributed by atoms with Crippen molar-refractivity contribution in [3.05, 3.63) is 30.5 Å². The highest BCUT2D eigenvalue weighted by atomic mass is 15.1. The molecule has 0 unspecified atom stereocenters. The lowest BCUT2D eigenvalue weighted by atomic mass is 10.2. The highest BCUT2D eigenvalue weighted by Crippen LogP contribution is 2.16. The predicted octanol–water partition coefficient (Wildman–Crippen LogP) is 1.18. The van der Waals surface area contributed by atoms with E-state index in [2.05, 4.69) is 20.2 Å². The summed E-state index contributed by atoms with van der Waals surface area (Å²) in [4.78, 5) is 7.95. The molecule has 0 spiro atoms. The van der Waals surface area contributed by atoms with Gasteiger partial charge < -0.3 is 0 Å². The van der Waals surface area contributed by atoms with E-state index < -0.39 is 0 Å². The second-order valence-corrected chi connectivity index (χ2v) is 2.50. The number of aryl methyl sites for hydroxylation is 1. The molecule has 2 heterocycles. The van der Waals surface area contributed by atoms with Crippen molar-refractivity contribution < 1.29 is 0 Å². The number of rotatable bonds is 1. The zero-order valence-corrected chi connectivity index (χ0v) is 6.65. The molecule has 0 bridgehead atoms. The summed E-state index contributed by atoms with van der Waals surface area (Å²) in [5.41, 5.74) is 2.95. The monoisotopic (exact) mass is 160 g/mol. The molecule has 0 aliphatic heterocycles. The fourth-order valence-corrected chi connectivity index (χ4v) is 1.06. The third kappa shape index (κ3) is 1.07. The van der Waals surface area contributed by atoms with Gasteiger partial charge in [0, 0.05) is 17.5 Å². The van der Waals surface area contributed by atoms with Gasteiger partial charge in [0.1, 0.15) is 6.33 Å². The minimum atomic E-state index is 0.899. The first-order chi connectivity index (χ1) is 5.88. The van der Waals surface area contributed by atoms with Crippen LogP contribution in [0.25, 0.3) is 11.3 Å². The molecular formula is C8H8N4. The van der Waals surface area contributed by atoms with Gasteiger partial charge in [0.05, 0.1) is 11.9 Å². The molecule has 4 nitrogen and oxygen atoms in total. The first-order valence-corrected chi connectivity index (χ1v) is 3.64. The fourth-order valence-electron chi connectivity index (χ4n) is 1.06. The number of hydrogen-bond donors (Lipinski definition) is 1. The number of nitrogens with zero attached hydrogens (tertiary/aromatic N) is 3. The maximum Gasteiger partial charge on any atom is 0.116 e. The first kappa shape index (κ1) is 6.97. The number of hydrogen-bond acceptors (Lipinski definition) is 3. The Kier molecular flexibility index (Phi) is 1.59. The highest BCUT2D eigenvalue weighted by Gasteiger charge is 2.02. The summed E-state index contributed by atoms with van der Waals surface area (Å²) in [5, 5.41) is 6.77. The molecule has 0 saturated heterocycles. The fraction of sp³-hybridized carbons (Fsp3) is 0.125. The third-order valence-electron chi connectivity index (χ3n) is 1.69. The van der Waals surface area contributed by atoms with Crippen LogP contribution in [0.2, 0.25) is 0 Å². The molecule has 0 amide bonds. The zero-order chi connectivity index (χ0) is 8.39. The Bertz CT molecular complexity index is 366. The minimum Gasteiger partial charge on any atom is -0.282 e. The van der Waals surface area contributed by atoms with Crippen LogP contribution in [0.1, 0.15) is 5.69 Å². The molecule has 12 heavy (non-hydrogen) atoms. The van der Waals surface area contributed by atoms with Crippen molar-refractivity contribution in [3.63, 3.8) is 0 Å². The summed E-state index contributed by atoms with van der Waals surface area (Å²) in [6.07, 6.45) is 5.01. The van der Waals surface area contributed by atoms with E-state index in [1.807, 2.05) is 13.0 Å². The first-order valence-electron chi connectivity index (χ1n) is 3.64. The van der Waals surface area contributed by atoms with Crippen LogP contribution < -0.4 is 0 Å². The van der Waals surface area contributed by atoms with Crippen LogP contribution in [0.15, 0.2) is 24.8 Å². The van der Waals surface area contributed by atoms with E-state index in [1.54, 1.807) is 12.4 Å². The molecule has 2 aromatic heterocycles. The maximum absolute atomic E-state index is 4.11. The summed E-state index contributed by atoms with van der Waals surface area (Å²) >= 11 is 0. The smallest absolute Gasteiger partial charge is 0.116 e. The van der Waals surface area contributed by atoms with E-state index >= 15 is 0 Å². The molecule has 4 heteroatoms. The van der Waals surface area contributed by atoms with E-state index in [0.717, 1.165) is 17.0 Å². The topological polar surface area (TPSA) is 54.5 Å². The third-order valence-corrected chi connectivity index (χ3v) is 1.69. The van der Waals surface area contributed by atoms with Crippen LogP contribution >= 0.6 is 0 Å². The molecule has 0 aromatic carbocycles. The van der Waals surface area contributed by atoms with Crippen molar-refractivity contribution in [1.82, 2.24) is 20.2 Å². The van der Waals surface area contributed by atoms with E-state index in [9.17, 15) is 0 Å². The minimum absolute atomic E-state index is 0.899.